The topological polar surface area (TPSA) is 57.6 Å². The Morgan fingerprint density at radius 2 is 1.92 bits per heavy atom. The zero-order valence-electron chi connectivity index (χ0n) is 12.8. The van der Waals surface area contributed by atoms with Gasteiger partial charge in [0.1, 0.15) is 10.1 Å². The molecule has 1 saturated heterocycles. The summed E-state index contributed by atoms with van der Waals surface area (Å²) < 4.78 is 13.5. The van der Waals surface area contributed by atoms with Crippen molar-refractivity contribution in [1.82, 2.24) is 4.90 Å². The van der Waals surface area contributed by atoms with E-state index in [-0.39, 0.29) is 9.23 Å². The van der Waals surface area contributed by atoms with Crippen LogP contribution in [0.4, 0.5) is 4.39 Å². The maximum atomic E-state index is 13.3. The lowest BCUT2D eigenvalue weighted by Gasteiger charge is -2.23. The number of halogens is 1. The summed E-state index contributed by atoms with van der Waals surface area (Å²) in [6.07, 6.45) is 1.51. The van der Waals surface area contributed by atoms with Crippen LogP contribution in [0.15, 0.2) is 59.5 Å². The molecule has 3 rings (SSSR count). The summed E-state index contributed by atoms with van der Waals surface area (Å²) >= 11 is 6.23. The lowest BCUT2D eigenvalue weighted by atomic mass is 10.1. The first-order chi connectivity index (χ1) is 12.0. The van der Waals surface area contributed by atoms with E-state index in [1.807, 2.05) is 0 Å². The number of carbonyl (C=O) groups excluding carboxylic acids is 1. The second-order valence-corrected chi connectivity index (χ2v) is 6.93. The number of carboxylic acid groups (broad SMARTS) is 1. The smallest absolute Gasteiger partial charge is 0.331 e. The molecule has 0 unspecified atom stereocenters. The highest BCUT2D eigenvalue weighted by Gasteiger charge is 2.41. The van der Waals surface area contributed by atoms with E-state index in [4.69, 9.17) is 12.2 Å². The quantitative estimate of drug-likeness (QED) is 0.652. The van der Waals surface area contributed by atoms with Gasteiger partial charge in [-0.2, -0.15) is 0 Å². The molecule has 0 spiro atoms. The summed E-state index contributed by atoms with van der Waals surface area (Å²) in [6, 6.07) is 13.0. The van der Waals surface area contributed by atoms with Gasteiger partial charge in [0.05, 0.1) is 4.91 Å². The van der Waals surface area contributed by atoms with Crippen LogP contribution in [0.1, 0.15) is 17.2 Å². The van der Waals surface area contributed by atoms with Crippen LogP contribution < -0.4 is 0 Å². The maximum absolute atomic E-state index is 13.3. The van der Waals surface area contributed by atoms with E-state index in [1.54, 1.807) is 36.4 Å². The Morgan fingerprint density at radius 3 is 2.56 bits per heavy atom. The minimum Gasteiger partial charge on any atom is -0.479 e. The molecule has 0 aromatic heterocycles. The van der Waals surface area contributed by atoms with E-state index in [1.165, 1.54) is 24.3 Å². The largest absolute Gasteiger partial charge is 0.479 e. The van der Waals surface area contributed by atoms with Crippen LogP contribution in [0.3, 0.4) is 0 Å². The number of hydrogen-bond donors (Lipinski definition) is 1. The zero-order chi connectivity index (χ0) is 18.0. The summed E-state index contributed by atoms with van der Waals surface area (Å²) in [5.74, 6) is -2.10. The fraction of sp³-hybridized carbons (Fsp3) is 0.0556. The minimum absolute atomic E-state index is 0.156. The number of carboxylic acids is 1. The second-order valence-electron chi connectivity index (χ2n) is 5.26. The normalized spacial score (nSPS) is 17.2. The molecule has 126 valence electrons. The highest BCUT2D eigenvalue weighted by atomic mass is 32.2. The van der Waals surface area contributed by atoms with E-state index in [9.17, 15) is 19.1 Å². The monoisotopic (exact) mass is 373 g/mol. The Kier molecular flexibility index (Phi) is 4.96. The van der Waals surface area contributed by atoms with Gasteiger partial charge in [-0.3, -0.25) is 9.69 Å². The summed E-state index contributed by atoms with van der Waals surface area (Å²) in [6.45, 7) is 0. The SMILES string of the molecule is O=C(O)[C@H](c1ccccc1)N1C(=O)/C(=C/c2cccc(F)c2)SC1=S. The summed E-state index contributed by atoms with van der Waals surface area (Å²) in [4.78, 5) is 25.8. The molecule has 0 radical (unpaired) electrons. The van der Waals surface area contributed by atoms with Crippen molar-refractivity contribution in [2.45, 2.75) is 6.04 Å². The van der Waals surface area contributed by atoms with E-state index in [0.717, 1.165) is 16.7 Å². The van der Waals surface area contributed by atoms with Crippen molar-refractivity contribution in [3.05, 3.63) is 76.4 Å². The third-order valence-corrected chi connectivity index (χ3v) is 4.91. The standard InChI is InChI=1S/C18H12FNO3S2/c19-13-8-4-5-11(9-13)10-14-16(21)20(18(24)25-14)15(17(22)23)12-6-2-1-3-7-12/h1-10,15H,(H,22,23)/b14-10-/t15-/m0/s1. The third kappa shape index (κ3) is 3.62. The number of amides is 1. The molecule has 1 N–H and O–H groups in total. The molecule has 1 aliphatic heterocycles. The molecule has 4 nitrogen and oxygen atoms in total. The third-order valence-electron chi connectivity index (χ3n) is 3.58. The van der Waals surface area contributed by atoms with E-state index in [2.05, 4.69) is 0 Å². The molecule has 0 aliphatic carbocycles. The van der Waals surface area contributed by atoms with Gasteiger partial charge in [-0.25, -0.2) is 9.18 Å². The molecule has 1 amide bonds. The molecule has 1 aliphatic rings. The Hall–Kier alpha value is -2.51. The highest BCUT2D eigenvalue weighted by molar-refractivity contribution is 8.26. The zero-order valence-corrected chi connectivity index (χ0v) is 14.4. The molecule has 1 atom stereocenters. The van der Waals surface area contributed by atoms with Crippen LogP contribution in [-0.2, 0) is 9.59 Å². The Labute approximate surface area is 153 Å². The summed E-state index contributed by atoms with van der Waals surface area (Å²) in [5.41, 5.74) is 0.963. The number of aliphatic carboxylic acids is 1. The van der Waals surface area contributed by atoms with Crippen LogP contribution in [0.5, 0.6) is 0 Å². The second kappa shape index (κ2) is 7.16. The van der Waals surface area contributed by atoms with Crippen molar-refractivity contribution in [3.8, 4) is 0 Å². The Bertz CT molecular complexity index is 883. The molecule has 0 saturated carbocycles. The molecule has 25 heavy (non-hydrogen) atoms. The van der Waals surface area contributed by atoms with Crippen LogP contribution in [-0.4, -0.2) is 26.2 Å². The molecule has 0 bridgehead atoms. The van der Waals surface area contributed by atoms with Crippen molar-refractivity contribution in [1.29, 1.82) is 0 Å². The minimum atomic E-state index is -1.20. The van der Waals surface area contributed by atoms with E-state index in [0.29, 0.717) is 11.1 Å². The molecule has 2 aromatic carbocycles. The first-order valence-electron chi connectivity index (χ1n) is 7.28. The predicted molar refractivity (Wildman–Crippen MR) is 98.2 cm³/mol. The molecule has 1 heterocycles. The first kappa shape index (κ1) is 17.3. The maximum Gasteiger partial charge on any atom is 0.331 e. The van der Waals surface area contributed by atoms with Crippen molar-refractivity contribution >= 4 is 46.3 Å². The average molecular weight is 373 g/mol. The predicted octanol–water partition coefficient (Wildman–Crippen LogP) is 3.85. The van der Waals surface area contributed by atoms with Crippen LogP contribution >= 0.6 is 24.0 Å². The number of rotatable bonds is 4. The van der Waals surface area contributed by atoms with Crippen molar-refractivity contribution in [2.24, 2.45) is 0 Å². The van der Waals surface area contributed by atoms with Crippen molar-refractivity contribution in [2.75, 3.05) is 0 Å². The van der Waals surface area contributed by atoms with Gasteiger partial charge < -0.3 is 5.11 Å². The number of carbonyl (C=O) groups is 2. The lowest BCUT2D eigenvalue weighted by molar-refractivity contribution is -0.145. The Morgan fingerprint density at radius 1 is 1.20 bits per heavy atom. The van der Waals surface area contributed by atoms with Gasteiger partial charge in [0.15, 0.2) is 6.04 Å². The lowest BCUT2D eigenvalue weighted by Crippen LogP contribution is -2.37. The molecular formula is C18H12FNO3S2. The Balaban J connectivity index is 1.96. The highest BCUT2D eigenvalue weighted by Crippen LogP contribution is 2.38. The van der Waals surface area contributed by atoms with E-state index < -0.39 is 23.7 Å². The fourth-order valence-electron chi connectivity index (χ4n) is 2.49. The first-order valence-corrected chi connectivity index (χ1v) is 8.50. The van der Waals surface area contributed by atoms with Crippen LogP contribution in [0, 0.1) is 5.82 Å². The number of thioether (sulfide) groups is 1. The fourth-order valence-corrected chi connectivity index (χ4v) is 3.80. The number of benzene rings is 2. The van der Waals surface area contributed by atoms with Gasteiger partial charge in [-0.05, 0) is 29.3 Å². The summed E-state index contributed by atoms with van der Waals surface area (Å²) in [5, 5.41) is 9.60. The number of hydrogen-bond acceptors (Lipinski definition) is 4. The van der Waals surface area contributed by atoms with Crippen molar-refractivity contribution in [3.63, 3.8) is 0 Å². The van der Waals surface area contributed by atoms with E-state index >= 15 is 0 Å². The molecule has 2 aromatic rings. The number of nitrogens with zero attached hydrogens (tertiary/aromatic N) is 1. The van der Waals surface area contributed by atoms with Crippen LogP contribution in [0.2, 0.25) is 0 Å². The van der Waals surface area contributed by atoms with Gasteiger partial charge in [0.2, 0.25) is 0 Å². The van der Waals surface area contributed by atoms with Gasteiger partial charge in [-0.15, -0.1) is 0 Å². The van der Waals surface area contributed by atoms with Gasteiger partial charge in [-0.1, -0.05) is 66.4 Å². The molecule has 1 fully saturated rings. The molecular weight excluding hydrogens is 361 g/mol. The van der Waals surface area contributed by atoms with Crippen molar-refractivity contribution < 1.29 is 19.1 Å². The van der Waals surface area contributed by atoms with Crippen LogP contribution in [0.25, 0.3) is 6.08 Å². The molecule has 7 heteroatoms. The van der Waals surface area contributed by atoms with Gasteiger partial charge in [0.25, 0.3) is 5.91 Å². The van der Waals surface area contributed by atoms with Gasteiger partial charge in [0, 0.05) is 0 Å². The average Bonchev–Trinajstić information content (AvgIpc) is 2.84. The summed E-state index contributed by atoms with van der Waals surface area (Å²) in [7, 11) is 0. The van der Waals surface area contributed by atoms with Gasteiger partial charge >= 0.3 is 5.97 Å². The number of thiocarbonyl (C=S) groups is 1.